The zero-order chi connectivity index (χ0) is 14.6. The molecule has 0 aliphatic heterocycles. The van der Waals surface area contributed by atoms with Gasteiger partial charge in [0.25, 0.3) is 5.91 Å². The summed E-state index contributed by atoms with van der Waals surface area (Å²) in [4.78, 5) is 12.1. The summed E-state index contributed by atoms with van der Waals surface area (Å²) in [6.07, 6.45) is 2.19. The van der Waals surface area contributed by atoms with Gasteiger partial charge in [-0.3, -0.25) is 4.79 Å². The Balaban J connectivity index is 2.15. The maximum Gasteiger partial charge on any atom is 0.273 e. The number of carbonyl (C=O) groups excluding carboxylic acids is 1. The minimum absolute atomic E-state index is 0.123. The molecule has 0 bridgehead atoms. The Morgan fingerprint density at radius 2 is 2.10 bits per heavy atom. The van der Waals surface area contributed by atoms with Crippen LogP contribution in [0.4, 0.5) is 0 Å². The number of hydrogen-bond acceptors (Lipinski definition) is 4. The van der Waals surface area contributed by atoms with Crippen molar-refractivity contribution in [1.82, 2.24) is 20.3 Å². The third-order valence-corrected chi connectivity index (χ3v) is 3.29. The Morgan fingerprint density at radius 3 is 2.70 bits per heavy atom. The van der Waals surface area contributed by atoms with Crippen LogP contribution in [-0.2, 0) is 0 Å². The van der Waals surface area contributed by atoms with E-state index in [1.54, 1.807) is 13.1 Å². The number of aromatic nitrogens is 3. The van der Waals surface area contributed by atoms with Crippen LogP contribution in [0, 0.1) is 0 Å². The second-order valence-corrected chi connectivity index (χ2v) is 4.91. The van der Waals surface area contributed by atoms with Gasteiger partial charge >= 0.3 is 0 Å². The van der Waals surface area contributed by atoms with Crippen LogP contribution < -0.4 is 5.32 Å². The number of hydrogen-bond donors (Lipinski definition) is 2. The van der Waals surface area contributed by atoms with Crippen molar-refractivity contribution < 1.29 is 9.90 Å². The van der Waals surface area contributed by atoms with Gasteiger partial charge < -0.3 is 10.4 Å². The lowest BCUT2D eigenvalue weighted by atomic mass is 10.0. The van der Waals surface area contributed by atoms with E-state index in [1.807, 2.05) is 37.3 Å². The van der Waals surface area contributed by atoms with Crippen molar-refractivity contribution in [1.29, 1.82) is 0 Å². The molecular weight excluding hydrogens is 256 g/mol. The van der Waals surface area contributed by atoms with Crippen molar-refractivity contribution in [2.24, 2.45) is 0 Å². The van der Waals surface area contributed by atoms with Crippen LogP contribution >= 0.6 is 0 Å². The molecule has 6 nitrogen and oxygen atoms in total. The molecule has 0 saturated heterocycles. The summed E-state index contributed by atoms with van der Waals surface area (Å²) < 4.78 is 1.54. The van der Waals surface area contributed by atoms with Crippen molar-refractivity contribution in [2.75, 3.05) is 6.61 Å². The lowest BCUT2D eigenvalue weighted by molar-refractivity contribution is 0.0842. The van der Waals surface area contributed by atoms with Gasteiger partial charge in [-0.15, -0.1) is 5.10 Å². The van der Waals surface area contributed by atoms with Gasteiger partial charge in [0.15, 0.2) is 5.69 Å². The van der Waals surface area contributed by atoms with Gasteiger partial charge in [0.2, 0.25) is 0 Å². The monoisotopic (exact) mass is 274 g/mol. The van der Waals surface area contributed by atoms with E-state index in [2.05, 4.69) is 15.6 Å². The molecule has 1 unspecified atom stereocenters. The van der Waals surface area contributed by atoms with Crippen LogP contribution in [0.5, 0.6) is 0 Å². The van der Waals surface area contributed by atoms with Crippen LogP contribution in [0.25, 0.3) is 5.69 Å². The molecule has 0 aliphatic carbocycles. The summed E-state index contributed by atoms with van der Waals surface area (Å²) >= 11 is 0. The summed E-state index contributed by atoms with van der Waals surface area (Å²) in [5, 5.41) is 19.9. The van der Waals surface area contributed by atoms with Crippen LogP contribution in [0.2, 0.25) is 0 Å². The number of nitrogens with one attached hydrogen (secondary N) is 1. The fraction of sp³-hybridized carbons (Fsp3) is 0.357. The molecule has 1 aromatic carbocycles. The summed E-state index contributed by atoms with van der Waals surface area (Å²) in [6, 6.07) is 9.43. The molecule has 1 aromatic heterocycles. The summed E-state index contributed by atoms with van der Waals surface area (Å²) in [5.41, 5.74) is 0.412. The van der Waals surface area contributed by atoms with Gasteiger partial charge in [0.05, 0.1) is 24.0 Å². The lowest BCUT2D eigenvalue weighted by Crippen LogP contribution is -2.48. The highest BCUT2D eigenvalue weighted by atomic mass is 16.3. The third kappa shape index (κ3) is 3.03. The van der Waals surface area contributed by atoms with Gasteiger partial charge in [0, 0.05) is 0 Å². The zero-order valence-corrected chi connectivity index (χ0v) is 11.6. The molecule has 1 atom stereocenters. The number of carbonyl (C=O) groups is 1. The van der Waals surface area contributed by atoms with E-state index in [1.165, 1.54) is 4.68 Å². The highest BCUT2D eigenvalue weighted by molar-refractivity contribution is 5.92. The van der Waals surface area contributed by atoms with Gasteiger partial charge in [0.1, 0.15) is 0 Å². The molecule has 6 heteroatoms. The van der Waals surface area contributed by atoms with E-state index in [0.717, 1.165) is 5.69 Å². The second-order valence-electron chi connectivity index (χ2n) is 4.91. The topological polar surface area (TPSA) is 80.0 Å². The van der Waals surface area contributed by atoms with E-state index >= 15 is 0 Å². The van der Waals surface area contributed by atoms with Gasteiger partial charge in [-0.05, 0) is 25.5 Å². The summed E-state index contributed by atoms with van der Waals surface area (Å²) in [5.74, 6) is -0.342. The Morgan fingerprint density at radius 1 is 1.40 bits per heavy atom. The predicted molar refractivity (Wildman–Crippen MR) is 74.6 cm³/mol. The minimum atomic E-state index is -0.645. The second kappa shape index (κ2) is 5.83. The first-order chi connectivity index (χ1) is 9.58. The Kier molecular flexibility index (Phi) is 4.14. The van der Waals surface area contributed by atoms with Gasteiger partial charge in [-0.1, -0.05) is 30.3 Å². The van der Waals surface area contributed by atoms with Crippen molar-refractivity contribution in [3.05, 3.63) is 42.2 Å². The molecule has 1 amide bonds. The lowest BCUT2D eigenvalue weighted by Gasteiger charge is -2.26. The molecule has 106 valence electrons. The van der Waals surface area contributed by atoms with E-state index in [9.17, 15) is 9.90 Å². The van der Waals surface area contributed by atoms with E-state index in [0.29, 0.717) is 6.42 Å². The number of benzene rings is 1. The summed E-state index contributed by atoms with van der Waals surface area (Å²) in [7, 11) is 0. The average molecular weight is 274 g/mol. The Labute approximate surface area is 117 Å². The Bertz CT molecular complexity index is 576. The maximum absolute atomic E-state index is 12.1. The first-order valence-corrected chi connectivity index (χ1v) is 6.49. The standard InChI is InChI=1S/C14H18N4O2/c1-3-14(2,10-19)15-13(20)12-9-18(17-16-12)11-7-5-4-6-8-11/h4-9,19H,3,10H2,1-2H3,(H,15,20). The predicted octanol–water partition coefficient (Wildman–Crippen LogP) is 1.16. The number of aliphatic hydroxyl groups excluding tert-OH is 1. The highest BCUT2D eigenvalue weighted by Crippen LogP contribution is 2.10. The zero-order valence-electron chi connectivity index (χ0n) is 11.6. The van der Waals surface area contributed by atoms with E-state index in [4.69, 9.17) is 0 Å². The number of amides is 1. The highest BCUT2D eigenvalue weighted by Gasteiger charge is 2.25. The molecule has 0 saturated carbocycles. The molecule has 0 fully saturated rings. The summed E-state index contributed by atoms with van der Waals surface area (Å²) in [6.45, 7) is 3.56. The fourth-order valence-electron chi connectivity index (χ4n) is 1.65. The van der Waals surface area contributed by atoms with Crippen LogP contribution in [0.15, 0.2) is 36.5 Å². The molecule has 1 heterocycles. The quantitative estimate of drug-likeness (QED) is 0.857. The van der Waals surface area contributed by atoms with Crippen LogP contribution in [0.1, 0.15) is 30.8 Å². The largest absolute Gasteiger partial charge is 0.394 e. The molecule has 0 radical (unpaired) electrons. The van der Waals surface area contributed by atoms with Crippen molar-refractivity contribution in [3.8, 4) is 5.69 Å². The number of aliphatic hydroxyl groups is 1. The van der Waals surface area contributed by atoms with Crippen molar-refractivity contribution in [2.45, 2.75) is 25.8 Å². The Hall–Kier alpha value is -2.21. The third-order valence-electron chi connectivity index (χ3n) is 3.29. The normalized spacial score (nSPS) is 13.8. The smallest absolute Gasteiger partial charge is 0.273 e. The molecule has 0 aliphatic rings. The van der Waals surface area contributed by atoms with Gasteiger partial charge in [-0.2, -0.15) is 0 Å². The maximum atomic E-state index is 12.1. The van der Waals surface area contributed by atoms with Crippen LogP contribution in [-0.4, -0.2) is 38.2 Å². The molecular formula is C14H18N4O2. The molecule has 0 spiro atoms. The number of para-hydroxylation sites is 1. The van der Waals surface area contributed by atoms with Gasteiger partial charge in [-0.25, -0.2) is 4.68 Å². The molecule has 2 aromatic rings. The SMILES string of the molecule is CCC(C)(CO)NC(=O)c1cn(-c2ccccc2)nn1. The molecule has 2 rings (SSSR count). The average Bonchev–Trinajstić information content (AvgIpc) is 2.98. The van der Waals surface area contributed by atoms with E-state index < -0.39 is 5.54 Å². The first-order valence-electron chi connectivity index (χ1n) is 6.49. The first kappa shape index (κ1) is 14.2. The number of rotatable bonds is 5. The molecule has 20 heavy (non-hydrogen) atoms. The van der Waals surface area contributed by atoms with Crippen molar-refractivity contribution >= 4 is 5.91 Å². The molecule has 2 N–H and O–H groups in total. The number of nitrogens with zero attached hydrogens (tertiary/aromatic N) is 3. The van der Waals surface area contributed by atoms with Crippen LogP contribution in [0.3, 0.4) is 0 Å². The fourth-order valence-corrected chi connectivity index (χ4v) is 1.65. The van der Waals surface area contributed by atoms with E-state index in [-0.39, 0.29) is 18.2 Å². The minimum Gasteiger partial charge on any atom is -0.394 e. The van der Waals surface area contributed by atoms with Crippen molar-refractivity contribution in [3.63, 3.8) is 0 Å².